The third kappa shape index (κ3) is 3.21. The van der Waals surface area contributed by atoms with Gasteiger partial charge in [0, 0.05) is 25.3 Å². The topological polar surface area (TPSA) is 71.1 Å². The Balaban J connectivity index is 1.50. The smallest absolute Gasteiger partial charge is 0.322 e. The largest absolute Gasteiger partial charge is 0.497 e. The molecule has 0 saturated carbocycles. The van der Waals surface area contributed by atoms with Crippen molar-refractivity contribution >= 4 is 17.6 Å². The first-order valence-corrected chi connectivity index (χ1v) is 8.89. The van der Waals surface area contributed by atoms with E-state index in [2.05, 4.69) is 5.32 Å². The predicted molar refractivity (Wildman–Crippen MR) is 100 cm³/mol. The lowest BCUT2D eigenvalue weighted by molar-refractivity contribution is 0.0682. The van der Waals surface area contributed by atoms with Crippen LogP contribution >= 0.6 is 0 Å². The van der Waals surface area contributed by atoms with Crippen LogP contribution in [0.4, 0.5) is 14.9 Å². The summed E-state index contributed by atoms with van der Waals surface area (Å²) in [5, 5.41) is 2.83. The summed E-state index contributed by atoms with van der Waals surface area (Å²) in [4.78, 5) is 28.5. The highest BCUT2D eigenvalue weighted by molar-refractivity contribution is 5.97. The maximum Gasteiger partial charge on any atom is 0.322 e. The van der Waals surface area contributed by atoms with Crippen molar-refractivity contribution in [3.63, 3.8) is 0 Å². The lowest BCUT2D eigenvalue weighted by Gasteiger charge is -2.25. The van der Waals surface area contributed by atoms with Gasteiger partial charge in [-0.1, -0.05) is 0 Å². The number of likely N-dealkylation sites (N-methyl/N-ethyl adjacent to an activating group) is 1. The molecule has 1 N–H and O–H groups in total. The van der Waals surface area contributed by atoms with Crippen molar-refractivity contribution in [1.82, 2.24) is 9.80 Å². The molecule has 2 aromatic carbocycles. The summed E-state index contributed by atoms with van der Waals surface area (Å²) in [6.07, 6.45) is -0.432. The molecule has 1 saturated heterocycles. The number of fused-ring (bicyclic) bond motifs is 2. The molecule has 2 heterocycles. The highest BCUT2D eigenvalue weighted by Gasteiger charge is 2.43. The monoisotopic (exact) mass is 385 g/mol. The number of hydrogen-bond acceptors (Lipinski definition) is 4. The molecule has 2 aliphatic rings. The van der Waals surface area contributed by atoms with Crippen LogP contribution in [0.2, 0.25) is 0 Å². The number of methoxy groups -OCH3 is 1. The van der Waals surface area contributed by atoms with Gasteiger partial charge >= 0.3 is 6.03 Å². The second-order valence-electron chi connectivity index (χ2n) is 6.84. The number of amides is 3. The second-order valence-corrected chi connectivity index (χ2v) is 6.84. The number of carbonyl (C=O) groups is 2. The third-order valence-electron chi connectivity index (χ3n) is 5.14. The first kappa shape index (κ1) is 18.1. The zero-order chi connectivity index (χ0) is 19.8. The molecule has 0 radical (unpaired) electrons. The third-order valence-corrected chi connectivity index (χ3v) is 5.14. The van der Waals surface area contributed by atoms with Crippen molar-refractivity contribution in [1.29, 1.82) is 0 Å². The Hall–Kier alpha value is -3.29. The number of likely N-dealkylation sites (tertiary alicyclic amines) is 1. The van der Waals surface area contributed by atoms with Crippen LogP contribution < -0.4 is 14.8 Å². The van der Waals surface area contributed by atoms with Crippen molar-refractivity contribution in [3.8, 4) is 11.5 Å². The second kappa shape index (κ2) is 7.03. The summed E-state index contributed by atoms with van der Waals surface area (Å²) in [7, 11) is 3.25. The SMILES string of the molecule is COc1ccc(NC(=O)N2C[C@@H]3Oc4cc(F)ccc4C(=O)N(C)[C@@H]3C2)cc1. The minimum Gasteiger partial charge on any atom is -0.497 e. The van der Waals surface area contributed by atoms with Crippen molar-refractivity contribution in [2.45, 2.75) is 12.1 Å². The van der Waals surface area contributed by atoms with Gasteiger partial charge < -0.3 is 24.6 Å². The molecule has 7 nitrogen and oxygen atoms in total. The zero-order valence-corrected chi connectivity index (χ0v) is 15.5. The van der Waals surface area contributed by atoms with Gasteiger partial charge in [0.2, 0.25) is 0 Å². The number of carbonyl (C=O) groups excluding carboxylic acids is 2. The molecule has 0 bridgehead atoms. The normalized spacial score (nSPS) is 20.8. The fourth-order valence-electron chi connectivity index (χ4n) is 3.56. The van der Waals surface area contributed by atoms with E-state index in [9.17, 15) is 14.0 Å². The minimum atomic E-state index is -0.472. The van der Waals surface area contributed by atoms with Crippen LogP contribution in [0.15, 0.2) is 42.5 Å². The van der Waals surface area contributed by atoms with Crippen LogP contribution in [0.25, 0.3) is 0 Å². The Kier molecular flexibility index (Phi) is 4.54. The first-order valence-electron chi connectivity index (χ1n) is 8.89. The van der Waals surface area contributed by atoms with E-state index in [1.54, 1.807) is 48.2 Å². The molecule has 0 aromatic heterocycles. The first-order chi connectivity index (χ1) is 13.5. The van der Waals surface area contributed by atoms with E-state index in [1.807, 2.05) is 0 Å². The van der Waals surface area contributed by atoms with Gasteiger partial charge in [0.1, 0.15) is 23.4 Å². The molecule has 0 unspecified atom stereocenters. The molecule has 2 atom stereocenters. The van der Waals surface area contributed by atoms with E-state index in [1.165, 1.54) is 18.2 Å². The lowest BCUT2D eigenvalue weighted by atomic mass is 10.1. The van der Waals surface area contributed by atoms with Crippen LogP contribution in [0.5, 0.6) is 11.5 Å². The van der Waals surface area contributed by atoms with Crippen LogP contribution in [0.3, 0.4) is 0 Å². The number of ether oxygens (including phenoxy) is 2. The molecular weight excluding hydrogens is 365 g/mol. The number of nitrogens with one attached hydrogen (secondary N) is 1. The maximum atomic E-state index is 13.6. The fraction of sp³-hybridized carbons (Fsp3) is 0.300. The van der Waals surface area contributed by atoms with Crippen molar-refractivity contribution in [2.75, 3.05) is 32.6 Å². The van der Waals surface area contributed by atoms with Crippen LogP contribution in [0.1, 0.15) is 10.4 Å². The number of nitrogens with zero attached hydrogens (tertiary/aromatic N) is 2. The Bertz CT molecular complexity index is 918. The molecule has 2 aliphatic heterocycles. The van der Waals surface area contributed by atoms with E-state index in [-0.39, 0.29) is 23.7 Å². The Morgan fingerprint density at radius 2 is 1.96 bits per heavy atom. The molecule has 2 aromatic rings. The molecule has 3 amide bonds. The van der Waals surface area contributed by atoms with E-state index in [0.29, 0.717) is 30.1 Å². The summed E-state index contributed by atoms with van der Waals surface area (Å²) in [5.41, 5.74) is 0.961. The van der Waals surface area contributed by atoms with Gasteiger partial charge in [0.05, 0.1) is 25.3 Å². The van der Waals surface area contributed by atoms with E-state index < -0.39 is 11.9 Å². The average Bonchev–Trinajstić information content (AvgIpc) is 3.08. The van der Waals surface area contributed by atoms with Gasteiger partial charge in [-0.25, -0.2) is 9.18 Å². The highest BCUT2D eigenvalue weighted by atomic mass is 19.1. The standard InChI is InChI=1S/C20H20FN3O4/c1-23-16-10-24(20(26)22-13-4-6-14(27-2)7-5-13)11-18(16)28-17-9-12(21)3-8-15(17)19(23)25/h3-9,16,18H,10-11H2,1-2H3,(H,22,26)/t16-,18+/m1/s1. The number of benzene rings is 2. The summed E-state index contributed by atoms with van der Waals surface area (Å²) >= 11 is 0. The van der Waals surface area contributed by atoms with Crippen LogP contribution in [-0.2, 0) is 0 Å². The number of anilines is 1. The highest BCUT2D eigenvalue weighted by Crippen LogP contribution is 2.31. The number of urea groups is 1. The summed E-state index contributed by atoms with van der Waals surface area (Å²) in [5.74, 6) is 0.183. The Morgan fingerprint density at radius 3 is 2.68 bits per heavy atom. The van der Waals surface area contributed by atoms with E-state index in [0.717, 1.165) is 0 Å². The molecule has 8 heteroatoms. The number of hydrogen-bond donors (Lipinski definition) is 1. The van der Waals surface area contributed by atoms with Gasteiger partial charge in [0.25, 0.3) is 5.91 Å². The lowest BCUT2D eigenvalue weighted by Crippen LogP contribution is -2.44. The Morgan fingerprint density at radius 1 is 1.21 bits per heavy atom. The van der Waals surface area contributed by atoms with Gasteiger partial charge in [-0.2, -0.15) is 0 Å². The minimum absolute atomic E-state index is 0.210. The summed E-state index contributed by atoms with van der Waals surface area (Å²) in [6.45, 7) is 0.617. The van der Waals surface area contributed by atoms with E-state index >= 15 is 0 Å². The van der Waals surface area contributed by atoms with Crippen LogP contribution in [-0.4, -0.2) is 61.1 Å². The summed E-state index contributed by atoms with van der Waals surface area (Å²) in [6, 6.07) is 10.3. The van der Waals surface area contributed by atoms with Crippen LogP contribution in [0, 0.1) is 5.82 Å². The zero-order valence-electron chi connectivity index (χ0n) is 15.5. The van der Waals surface area contributed by atoms with Crippen molar-refractivity contribution in [2.24, 2.45) is 0 Å². The molecule has 0 aliphatic carbocycles. The molecule has 146 valence electrons. The van der Waals surface area contributed by atoms with Gasteiger partial charge in [-0.3, -0.25) is 4.79 Å². The molecular formula is C20H20FN3O4. The van der Waals surface area contributed by atoms with E-state index in [4.69, 9.17) is 9.47 Å². The van der Waals surface area contributed by atoms with Crippen molar-refractivity contribution < 1.29 is 23.5 Å². The van der Waals surface area contributed by atoms with Gasteiger partial charge in [0.15, 0.2) is 0 Å². The Labute approximate surface area is 161 Å². The molecule has 28 heavy (non-hydrogen) atoms. The molecule has 4 rings (SSSR count). The van der Waals surface area contributed by atoms with Crippen molar-refractivity contribution in [3.05, 3.63) is 53.8 Å². The molecule has 0 spiro atoms. The quantitative estimate of drug-likeness (QED) is 0.863. The number of rotatable bonds is 2. The average molecular weight is 385 g/mol. The fourth-order valence-corrected chi connectivity index (χ4v) is 3.56. The predicted octanol–water partition coefficient (Wildman–Crippen LogP) is 2.58. The molecule has 1 fully saturated rings. The van der Waals surface area contributed by atoms with Gasteiger partial charge in [-0.05, 0) is 36.4 Å². The number of halogens is 1. The maximum absolute atomic E-state index is 13.6. The van der Waals surface area contributed by atoms with Gasteiger partial charge in [-0.15, -0.1) is 0 Å². The summed E-state index contributed by atoms with van der Waals surface area (Å²) < 4.78 is 24.6.